The number of nitro benzene ring substituents is 1. The Morgan fingerprint density at radius 2 is 2.00 bits per heavy atom. The fraction of sp³-hybridized carbons (Fsp3) is 0.500. The van der Waals surface area contributed by atoms with Gasteiger partial charge in [-0.25, -0.2) is 0 Å². The fourth-order valence-corrected chi connectivity index (χ4v) is 4.38. The predicted octanol–water partition coefficient (Wildman–Crippen LogP) is 3.12. The molecule has 168 valence electrons. The quantitative estimate of drug-likeness (QED) is 0.372. The second-order valence-electron chi connectivity index (χ2n) is 7.02. The molecule has 0 N–H and O–H groups in total. The molecule has 1 aliphatic heterocycles. The van der Waals surface area contributed by atoms with E-state index in [1.165, 1.54) is 7.11 Å². The van der Waals surface area contributed by atoms with Crippen molar-refractivity contribution >= 4 is 38.0 Å². The Morgan fingerprint density at radius 3 is 2.58 bits per heavy atom. The highest BCUT2D eigenvalue weighted by molar-refractivity contribution is 7.22. The molecular weight excluding hydrogens is 439 g/mol. The minimum Gasteiger partial charge on any atom is -0.399 e. The van der Waals surface area contributed by atoms with Gasteiger partial charge in [0.05, 0.1) is 21.6 Å². The van der Waals surface area contributed by atoms with Gasteiger partial charge in [-0.15, -0.1) is 0 Å². The van der Waals surface area contributed by atoms with Crippen LogP contribution in [-0.4, -0.2) is 60.4 Å². The number of fused-ring (bicyclic) bond motifs is 1. The summed E-state index contributed by atoms with van der Waals surface area (Å²) >= 11 is 0.860. The molecule has 0 radical (unpaired) electrons. The van der Waals surface area contributed by atoms with Gasteiger partial charge < -0.3 is 9.74 Å². The van der Waals surface area contributed by atoms with Crippen LogP contribution in [0.25, 0.3) is 10.1 Å². The number of anilines is 1. The van der Waals surface area contributed by atoms with Gasteiger partial charge in [0, 0.05) is 45.2 Å². The highest BCUT2D eigenvalue weighted by Gasteiger charge is 2.34. The molecule has 3 rings (SSSR count). The van der Waals surface area contributed by atoms with Crippen LogP contribution < -0.4 is 10.5 Å². The molecule has 2 heterocycles. The number of rotatable bonds is 6. The number of aromatic nitrogens is 1. The van der Waals surface area contributed by atoms with Crippen molar-refractivity contribution in [3.63, 3.8) is 0 Å². The third-order valence-corrected chi connectivity index (χ3v) is 6.06. The number of alkyl halides is 3. The van der Waals surface area contributed by atoms with Crippen LogP contribution in [0.15, 0.2) is 22.1 Å². The Morgan fingerprint density at radius 1 is 1.32 bits per heavy atom. The van der Waals surface area contributed by atoms with E-state index in [4.69, 9.17) is 4.84 Å². The standard InChI is InChI=1S/C18H20F3N5O4S/c1-11(23-30-2)3-4-24-5-7-25(8-6-24)17-22-16(27)13-9-12(18(19,20)21)10-14(26(28)29)15(13)31-17/h9-10H,3-8H2,1-2H3/b23-11+. The van der Waals surface area contributed by atoms with Crippen molar-refractivity contribution < 1.29 is 22.9 Å². The normalized spacial score (nSPS) is 16.0. The van der Waals surface area contributed by atoms with Crippen molar-refractivity contribution in [1.82, 2.24) is 9.88 Å². The fourth-order valence-electron chi connectivity index (χ4n) is 3.26. The van der Waals surface area contributed by atoms with Gasteiger partial charge in [-0.05, 0) is 13.0 Å². The molecule has 0 aliphatic carbocycles. The number of benzene rings is 1. The summed E-state index contributed by atoms with van der Waals surface area (Å²) in [5.74, 6) is 0. The lowest BCUT2D eigenvalue weighted by molar-refractivity contribution is -0.383. The number of piperazine rings is 1. The summed E-state index contributed by atoms with van der Waals surface area (Å²) < 4.78 is 39.1. The molecule has 1 aromatic heterocycles. The average molecular weight is 459 g/mol. The average Bonchev–Trinajstić information content (AvgIpc) is 2.71. The second-order valence-corrected chi connectivity index (χ2v) is 7.99. The van der Waals surface area contributed by atoms with Crippen LogP contribution in [0.5, 0.6) is 0 Å². The van der Waals surface area contributed by atoms with Gasteiger partial charge in [0.1, 0.15) is 11.8 Å². The van der Waals surface area contributed by atoms with E-state index in [9.17, 15) is 28.1 Å². The van der Waals surface area contributed by atoms with Gasteiger partial charge in [0.2, 0.25) is 0 Å². The summed E-state index contributed by atoms with van der Waals surface area (Å²) in [6.45, 7) is 5.06. The molecule has 1 aromatic carbocycles. The lowest BCUT2D eigenvalue weighted by Crippen LogP contribution is -2.47. The number of nitro groups is 1. The van der Waals surface area contributed by atoms with Crippen molar-refractivity contribution in [2.24, 2.45) is 5.16 Å². The van der Waals surface area contributed by atoms with Crippen molar-refractivity contribution in [2.75, 3.05) is 44.7 Å². The minimum absolute atomic E-state index is 0.109. The largest absolute Gasteiger partial charge is 0.416 e. The zero-order chi connectivity index (χ0) is 22.8. The number of halogens is 3. The van der Waals surface area contributed by atoms with Crippen molar-refractivity contribution in [1.29, 1.82) is 0 Å². The SMILES string of the molecule is CO/N=C(\C)CCN1CCN(c2nc(=O)c3cc(C(F)(F)F)cc([N+](=O)[O-])c3s2)CC1. The summed E-state index contributed by atoms with van der Waals surface area (Å²) in [6, 6.07) is 1.09. The van der Waals surface area contributed by atoms with Crippen molar-refractivity contribution in [2.45, 2.75) is 19.5 Å². The zero-order valence-corrected chi connectivity index (χ0v) is 17.6. The molecule has 13 heteroatoms. The first-order valence-electron chi connectivity index (χ1n) is 9.34. The third-order valence-electron chi connectivity index (χ3n) is 4.89. The smallest absolute Gasteiger partial charge is 0.399 e. The van der Waals surface area contributed by atoms with Gasteiger partial charge in [-0.1, -0.05) is 16.5 Å². The first-order valence-corrected chi connectivity index (χ1v) is 10.2. The van der Waals surface area contributed by atoms with Gasteiger partial charge in [0.25, 0.3) is 11.2 Å². The van der Waals surface area contributed by atoms with E-state index in [0.29, 0.717) is 38.3 Å². The maximum Gasteiger partial charge on any atom is 0.416 e. The first kappa shape index (κ1) is 22.9. The summed E-state index contributed by atoms with van der Waals surface area (Å²) in [6.07, 6.45) is -4.07. The first-order chi connectivity index (χ1) is 14.6. The number of nitrogens with zero attached hydrogens (tertiary/aromatic N) is 5. The van der Waals surface area contributed by atoms with Crippen molar-refractivity contribution in [3.8, 4) is 0 Å². The van der Waals surface area contributed by atoms with E-state index in [-0.39, 0.29) is 9.83 Å². The van der Waals surface area contributed by atoms with E-state index < -0.39 is 33.3 Å². The Bertz CT molecular complexity index is 1060. The molecular formula is C18H20F3N5O4S. The predicted molar refractivity (Wildman–Crippen MR) is 111 cm³/mol. The Labute approximate surface area is 178 Å². The summed E-state index contributed by atoms with van der Waals surface area (Å²) in [4.78, 5) is 35.6. The topological polar surface area (TPSA) is 101 Å². The second kappa shape index (κ2) is 9.14. The van der Waals surface area contributed by atoms with Gasteiger partial charge in [-0.2, -0.15) is 18.2 Å². The van der Waals surface area contributed by atoms with Crippen molar-refractivity contribution in [3.05, 3.63) is 38.2 Å². The van der Waals surface area contributed by atoms with E-state index in [1.54, 1.807) is 0 Å². The highest BCUT2D eigenvalue weighted by atomic mass is 32.1. The molecule has 0 saturated carbocycles. The van der Waals surface area contributed by atoms with Crippen LogP contribution in [-0.2, 0) is 11.0 Å². The number of oxime groups is 1. The lowest BCUT2D eigenvalue weighted by atomic mass is 10.1. The Balaban J connectivity index is 1.85. The number of hydrogen-bond donors (Lipinski definition) is 0. The molecule has 0 bridgehead atoms. The van der Waals surface area contributed by atoms with Crippen LogP contribution in [0.4, 0.5) is 24.0 Å². The summed E-state index contributed by atoms with van der Waals surface area (Å²) in [5.41, 5.74) is -2.04. The van der Waals surface area contributed by atoms with Crippen LogP contribution in [0.2, 0.25) is 0 Å². The molecule has 1 fully saturated rings. The van der Waals surface area contributed by atoms with Crippen LogP contribution >= 0.6 is 11.3 Å². The number of non-ortho nitro benzene ring substituents is 1. The minimum atomic E-state index is -4.81. The Kier molecular flexibility index (Phi) is 6.74. The van der Waals surface area contributed by atoms with Crippen LogP contribution in [0.3, 0.4) is 0 Å². The highest BCUT2D eigenvalue weighted by Crippen LogP contribution is 2.38. The van der Waals surface area contributed by atoms with Crippen LogP contribution in [0, 0.1) is 10.1 Å². The summed E-state index contributed by atoms with van der Waals surface area (Å²) in [7, 11) is 1.48. The molecule has 0 spiro atoms. The summed E-state index contributed by atoms with van der Waals surface area (Å²) in [5, 5.41) is 15.1. The molecule has 2 aromatic rings. The van der Waals surface area contributed by atoms with Gasteiger partial charge in [0.15, 0.2) is 5.13 Å². The zero-order valence-electron chi connectivity index (χ0n) is 16.8. The van der Waals surface area contributed by atoms with E-state index in [2.05, 4.69) is 15.0 Å². The number of hydrogen-bond acceptors (Lipinski definition) is 9. The molecule has 0 atom stereocenters. The van der Waals surface area contributed by atoms with Gasteiger partial charge >= 0.3 is 6.18 Å². The maximum atomic E-state index is 13.1. The Hall–Kier alpha value is -2.80. The van der Waals surface area contributed by atoms with Crippen LogP contribution in [0.1, 0.15) is 18.9 Å². The maximum absolute atomic E-state index is 13.1. The molecule has 1 saturated heterocycles. The molecule has 9 nitrogen and oxygen atoms in total. The van der Waals surface area contributed by atoms with Gasteiger partial charge in [-0.3, -0.25) is 19.8 Å². The molecule has 0 amide bonds. The lowest BCUT2D eigenvalue weighted by Gasteiger charge is -2.34. The molecule has 1 aliphatic rings. The molecule has 31 heavy (non-hydrogen) atoms. The monoisotopic (exact) mass is 459 g/mol. The molecule has 0 unspecified atom stereocenters. The van der Waals surface area contributed by atoms with E-state index in [1.807, 2.05) is 11.8 Å². The van der Waals surface area contributed by atoms with E-state index >= 15 is 0 Å². The van der Waals surface area contributed by atoms with E-state index in [0.717, 1.165) is 30.0 Å². The third kappa shape index (κ3) is 5.28.